The molecule has 1 aliphatic carbocycles. The van der Waals surface area contributed by atoms with Crippen LogP contribution >= 0.6 is 0 Å². The van der Waals surface area contributed by atoms with E-state index in [1.807, 2.05) is 0 Å². The lowest BCUT2D eigenvalue weighted by Gasteiger charge is -2.25. The van der Waals surface area contributed by atoms with Crippen LogP contribution in [0.3, 0.4) is 0 Å². The van der Waals surface area contributed by atoms with E-state index >= 15 is 0 Å². The molecule has 1 rings (SSSR count). The summed E-state index contributed by atoms with van der Waals surface area (Å²) < 4.78 is 12.3. The van der Waals surface area contributed by atoms with Crippen molar-refractivity contribution in [2.45, 2.75) is 59.0 Å². The van der Waals surface area contributed by atoms with Gasteiger partial charge in [-0.25, -0.2) is 0 Å². The molecule has 0 radical (unpaired) electrons. The van der Waals surface area contributed by atoms with Crippen LogP contribution in [0.2, 0.25) is 39.3 Å². The van der Waals surface area contributed by atoms with Crippen LogP contribution in [-0.4, -0.2) is 16.6 Å². The molecule has 0 N–H and O–H groups in total. The predicted octanol–water partition coefficient (Wildman–Crippen LogP) is 4.64. The SMILES string of the molecule is CCC1=CC(O[Si](C)(C)C)=C(O[Si](C)(C)C)C1. The molecule has 0 aromatic carbocycles. The van der Waals surface area contributed by atoms with Crippen molar-refractivity contribution >= 4 is 16.6 Å². The fraction of sp³-hybridized carbons (Fsp3) is 0.692. The molecule has 0 saturated carbocycles. The van der Waals surface area contributed by atoms with E-state index in [-0.39, 0.29) is 0 Å². The summed E-state index contributed by atoms with van der Waals surface area (Å²) in [5.41, 5.74) is 1.42. The second kappa shape index (κ2) is 5.02. The van der Waals surface area contributed by atoms with Gasteiger partial charge in [-0.2, -0.15) is 0 Å². The Hall–Kier alpha value is -0.486. The minimum atomic E-state index is -1.55. The van der Waals surface area contributed by atoms with Crippen molar-refractivity contribution in [1.29, 1.82) is 0 Å². The Labute approximate surface area is 108 Å². The van der Waals surface area contributed by atoms with E-state index in [4.69, 9.17) is 8.85 Å². The molecule has 0 aromatic rings. The molecule has 17 heavy (non-hydrogen) atoms. The zero-order valence-electron chi connectivity index (χ0n) is 12.3. The van der Waals surface area contributed by atoms with Crippen molar-refractivity contribution in [2.75, 3.05) is 0 Å². The summed E-state index contributed by atoms with van der Waals surface area (Å²) in [4.78, 5) is 0. The van der Waals surface area contributed by atoms with Gasteiger partial charge in [-0.3, -0.25) is 0 Å². The molecule has 0 atom stereocenters. The molecule has 2 nitrogen and oxygen atoms in total. The van der Waals surface area contributed by atoms with Gasteiger partial charge in [-0.1, -0.05) is 12.5 Å². The van der Waals surface area contributed by atoms with E-state index in [1.54, 1.807) is 0 Å². The van der Waals surface area contributed by atoms with E-state index in [1.165, 1.54) is 5.57 Å². The number of hydrogen-bond acceptors (Lipinski definition) is 2. The predicted molar refractivity (Wildman–Crippen MR) is 78.9 cm³/mol. The van der Waals surface area contributed by atoms with Crippen LogP contribution in [0.15, 0.2) is 23.2 Å². The first-order valence-corrected chi connectivity index (χ1v) is 13.2. The Morgan fingerprint density at radius 3 is 1.94 bits per heavy atom. The number of allylic oxidation sites excluding steroid dienone is 2. The summed E-state index contributed by atoms with van der Waals surface area (Å²) in [6, 6.07) is 0. The van der Waals surface area contributed by atoms with Crippen molar-refractivity contribution in [3.63, 3.8) is 0 Å². The Balaban J connectivity index is 2.87. The maximum absolute atomic E-state index is 6.15. The smallest absolute Gasteiger partial charge is 0.242 e. The highest BCUT2D eigenvalue weighted by molar-refractivity contribution is 6.70. The van der Waals surface area contributed by atoms with E-state index in [0.29, 0.717) is 0 Å². The summed E-state index contributed by atoms with van der Waals surface area (Å²) >= 11 is 0. The quantitative estimate of drug-likeness (QED) is 0.678. The minimum absolute atomic E-state index is 0.945. The molecule has 0 spiro atoms. The summed E-state index contributed by atoms with van der Waals surface area (Å²) in [6.45, 7) is 15.5. The second-order valence-corrected chi connectivity index (χ2v) is 15.4. The van der Waals surface area contributed by atoms with Gasteiger partial charge in [0, 0.05) is 6.42 Å². The molecule has 0 fully saturated rings. The zero-order chi connectivity index (χ0) is 13.3. The third-order valence-electron chi connectivity index (χ3n) is 2.30. The lowest BCUT2D eigenvalue weighted by atomic mass is 10.2. The molecular formula is C13H26O2Si2. The van der Waals surface area contributed by atoms with Crippen molar-refractivity contribution in [3.8, 4) is 0 Å². The molecule has 0 aromatic heterocycles. The van der Waals surface area contributed by atoms with Crippen LogP contribution in [0.25, 0.3) is 0 Å². The Morgan fingerprint density at radius 2 is 1.53 bits per heavy atom. The lowest BCUT2D eigenvalue weighted by molar-refractivity contribution is 0.352. The Bertz CT molecular complexity index is 343. The van der Waals surface area contributed by atoms with Crippen LogP contribution in [0, 0.1) is 0 Å². The highest BCUT2D eigenvalue weighted by atomic mass is 28.4. The molecule has 0 saturated heterocycles. The van der Waals surface area contributed by atoms with Gasteiger partial charge in [-0.05, 0) is 51.8 Å². The van der Waals surface area contributed by atoms with Gasteiger partial charge < -0.3 is 8.85 Å². The van der Waals surface area contributed by atoms with E-state index < -0.39 is 16.6 Å². The van der Waals surface area contributed by atoms with Gasteiger partial charge in [0.15, 0.2) is 0 Å². The van der Waals surface area contributed by atoms with Crippen molar-refractivity contribution in [3.05, 3.63) is 23.2 Å². The van der Waals surface area contributed by atoms with Crippen LogP contribution in [0.1, 0.15) is 19.8 Å². The van der Waals surface area contributed by atoms with E-state index in [0.717, 1.165) is 24.4 Å². The Kier molecular flexibility index (Phi) is 4.30. The summed E-state index contributed by atoms with van der Waals surface area (Å²) in [7, 11) is -3.09. The number of hydrogen-bond donors (Lipinski definition) is 0. The van der Waals surface area contributed by atoms with Crippen LogP contribution in [0.5, 0.6) is 0 Å². The second-order valence-electron chi connectivity index (χ2n) is 6.55. The average molecular weight is 271 g/mol. The first kappa shape index (κ1) is 14.6. The first-order chi connectivity index (χ1) is 7.61. The maximum atomic E-state index is 6.15. The average Bonchev–Trinajstić information content (AvgIpc) is 2.42. The molecular weight excluding hydrogens is 244 g/mol. The monoisotopic (exact) mass is 270 g/mol. The van der Waals surface area contributed by atoms with Gasteiger partial charge in [0.05, 0.1) is 0 Å². The molecule has 0 aliphatic heterocycles. The molecule has 0 amide bonds. The van der Waals surface area contributed by atoms with Crippen molar-refractivity contribution < 1.29 is 8.85 Å². The minimum Gasteiger partial charge on any atom is -0.544 e. The highest BCUT2D eigenvalue weighted by Crippen LogP contribution is 2.32. The molecule has 0 unspecified atom stereocenters. The highest BCUT2D eigenvalue weighted by Gasteiger charge is 2.27. The fourth-order valence-corrected chi connectivity index (χ4v) is 3.45. The largest absolute Gasteiger partial charge is 0.544 e. The van der Waals surface area contributed by atoms with Crippen LogP contribution in [0.4, 0.5) is 0 Å². The maximum Gasteiger partial charge on any atom is 0.242 e. The van der Waals surface area contributed by atoms with Crippen molar-refractivity contribution in [2.24, 2.45) is 0 Å². The Morgan fingerprint density at radius 1 is 1.00 bits per heavy atom. The van der Waals surface area contributed by atoms with Gasteiger partial charge in [0.1, 0.15) is 11.5 Å². The van der Waals surface area contributed by atoms with Crippen molar-refractivity contribution in [1.82, 2.24) is 0 Å². The topological polar surface area (TPSA) is 18.5 Å². The number of rotatable bonds is 5. The first-order valence-electron chi connectivity index (χ1n) is 6.41. The van der Waals surface area contributed by atoms with Gasteiger partial charge in [0.25, 0.3) is 0 Å². The van der Waals surface area contributed by atoms with E-state index in [2.05, 4.69) is 52.3 Å². The van der Waals surface area contributed by atoms with Gasteiger partial charge in [0.2, 0.25) is 16.6 Å². The standard InChI is InChI=1S/C13H26O2Si2/c1-8-11-9-12(14-16(2,3)4)13(10-11)15-17(5,6)7/h9H,8,10H2,1-7H3. The van der Waals surface area contributed by atoms with E-state index in [9.17, 15) is 0 Å². The van der Waals surface area contributed by atoms with Gasteiger partial charge in [-0.15, -0.1) is 0 Å². The molecule has 98 valence electrons. The van der Waals surface area contributed by atoms with Crippen LogP contribution < -0.4 is 0 Å². The van der Waals surface area contributed by atoms with Crippen LogP contribution in [-0.2, 0) is 8.85 Å². The molecule has 0 bridgehead atoms. The fourth-order valence-electron chi connectivity index (χ4n) is 1.71. The third-order valence-corrected chi connectivity index (χ3v) is 3.99. The zero-order valence-corrected chi connectivity index (χ0v) is 14.3. The molecule has 0 heterocycles. The third kappa shape index (κ3) is 5.12. The van der Waals surface area contributed by atoms with Gasteiger partial charge >= 0.3 is 0 Å². The summed E-state index contributed by atoms with van der Waals surface area (Å²) in [5.74, 6) is 2.08. The lowest BCUT2D eigenvalue weighted by Crippen LogP contribution is -2.28. The normalized spacial score (nSPS) is 17.2. The molecule has 1 aliphatic rings. The summed E-state index contributed by atoms with van der Waals surface area (Å²) in [6.07, 6.45) is 4.21. The molecule has 4 heteroatoms. The summed E-state index contributed by atoms with van der Waals surface area (Å²) in [5, 5.41) is 0.